The monoisotopic (exact) mass is 266 g/mol. The molecule has 0 atom stereocenters. The summed E-state index contributed by atoms with van der Waals surface area (Å²) in [6.45, 7) is 0. The number of pyridine rings is 1. The molecule has 0 aliphatic rings. The van der Waals surface area contributed by atoms with E-state index in [1.165, 1.54) is 0 Å². The number of carbonyl (C=O) groups excluding carboxylic acids is 1. The molecule has 5 heteroatoms. The van der Waals surface area contributed by atoms with Gasteiger partial charge < -0.3 is 15.6 Å². The summed E-state index contributed by atoms with van der Waals surface area (Å²) >= 11 is 0. The van der Waals surface area contributed by atoms with Gasteiger partial charge >= 0.3 is 0 Å². The number of aromatic nitrogens is 2. The van der Waals surface area contributed by atoms with Crippen molar-refractivity contribution < 1.29 is 4.79 Å². The van der Waals surface area contributed by atoms with Crippen molar-refractivity contribution in [3.05, 3.63) is 54.5 Å². The van der Waals surface area contributed by atoms with E-state index in [2.05, 4.69) is 9.97 Å². The summed E-state index contributed by atoms with van der Waals surface area (Å²) in [6, 6.07) is 11.0. The molecule has 0 unspecified atom stereocenters. The van der Waals surface area contributed by atoms with Gasteiger partial charge in [0, 0.05) is 18.6 Å². The Bertz CT molecular complexity index is 764. The number of nitrogens with one attached hydrogen (secondary N) is 1. The molecular formula is C15H14N4O. The largest absolute Gasteiger partial charge is 0.397 e. The quantitative estimate of drug-likeness (QED) is 0.699. The number of hydrogen-bond donors (Lipinski definition) is 2. The van der Waals surface area contributed by atoms with Crippen molar-refractivity contribution >= 4 is 28.2 Å². The van der Waals surface area contributed by atoms with Gasteiger partial charge in [-0.1, -0.05) is 12.1 Å². The number of carbonyl (C=O) groups is 1. The van der Waals surface area contributed by atoms with Gasteiger partial charge in [0.1, 0.15) is 5.69 Å². The molecule has 3 N–H and O–H groups in total. The third kappa shape index (κ3) is 1.99. The highest BCUT2D eigenvalue weighted by molar-refractivity contribution is 6.08. The molecule has 1 amide bonds. The standard InChI is InChI=1S/C15H14N4O/c1-19(11-5-3-7-17-9-11)15(20)13-8-10-4-2-6-12(16)14(10)18-13/h2-9,18H,16H2,1H3. The van der Waals surface area contributed by atoms with Crippen molar-refractivity contribution in [3.63, 3.8) is 0 Å². The Labute approximate surface area is 116 Å². The molecule has 0 saturated heterocycles. The summed E-state index contributed by atoms with van der Waals surface area (Å²) in [5.74, 6) is -0.131. The van der Waals surface area contributed by atoms with Crippen molar-refractivity contribution in [1.29, 1.82) is 0 Å². The molecule has 3 rings (SSSR count). The van der Waals surface area contributed by atoms with Crippen LogP contribution in [-0.4, -0.2) is 22.9 Å². The van der Waals surface area contributed by atoms with Crippen LogP contribution < -0.4 is 10.6 Å². The minimum absolute atomic E-state index is 0.131. The lowest BCUT2D eigenvalue weighted by molar-refractivity contribution is 0.0989. The molecular weight excluding hydrogens is 252 g/mol. The molecule has 5 nitrogen and oxygen atoms in total. The molecule has 0 aliphatic carbocycles. The highest BCUT2D eigenvalue weighted by Gasteiger charge is 2.16. The first-order chi connectivity index (χ1) is 9.66. The third-order valence-corrected chi connectivity index (χ3v) is 3.26. The third-order valence-electron chi connectivity index (χ3n) is 3.26. The van der Waals surface area contributed by atoms with E-state index in [-0.39, 0.29) is 5.91 Å². The normalized spacial score (nSPS) is 10.7. The van der Waals surface area contributed by atoms with Crippen LogP contribution in [0.25, 0.3) is 10.9 Å². The molecule has 0 bridgehead atoms. The van der Waals surface area contributed by atoms with Crippen molar-refractivity contribution in [1.82, 2.24) is 9.97 Å². The molecule has 20 heavy (non-hydrogen) atoms. The lowest BCUT2D eigenvalue weighted by Crippen LogP contribution is -2.26. The maximum Gasteiger partial charge on any atom is 0.274 e. The van der Waals surface area contributed by atoms with Gasteiger partial charge in [-0.15, -0.1) is 0 Å². The number of nitrogens with two attached hydrogens (primary N) is 1. The Morgan fingerprint density at radius 2 is 2.15 bits per heavy atom. The number of rotatable bonds is 2. The highest BCUT2D eigenvalue weighted by Crippen LogP contribution is 2.22. The highest BCUT2D eigenvalue weighted by atomic mass is 16.2. The Kier molecular flexibility index (Phi) is 2.87. The fourth-order valence-electron chi connectivity index (χ4n) is 2.14. The summed E-state index contributed by atoms with van der Waals surface area (Å²) in [7, 11) is 1.72. The van der Waals surface area contributed by atoms with Gasteiger partial charge in [0.15, 0.2) is 0 Å². The fourth-order valence-corrected chi connectivity index (χ4v) is 2.14. The number of fused-ring (bicyclic) bond motifs is 1. The van der Waals surface area contributed by atoms with E-state index >= 15 is 0 Å². The van der Waals surface area contributed by atoms with Crippen LogP contribution in [0.3, 0.4) is 0 Å². The average Bonchev–Trinajstić information content (AvgIpc) is 2.92. The Hall–Kier alpha value is -2.82. The molecule has 0 spiro atoms. The molecule has 0 radical (unpaired) electrons. The number of amides is 1. The molecule has 100 valence electrons. The molecule has 0 saturated carbocycles. The first-order valence-electron chi connectivity index (χ1n) is 6.22. The zero-order chi connectivity index (χ0) is 14.1. The number of benzene rings is 1. The van der Waals surface area contributed by atoms with Crippen LogP contribution in [0.15, 0.2) is 48.8 Å². The second kappa shape index (κ2) is 4.70. The van der Waals surface area contributed by atoms with E-state index in [4.69, 9.17) is 5.73 Å². The van der Waals surface area contributed by atoms with E-state index in [1.54, 1.807) is 42.5 Å². The maximum absolute atomic E-state index is 12.5. The first-order valence-corrected chi connectivity index (χ1v) is 6.22. The van der Waals surface area contributed by atoms with Gasteiger partial charge in [-0.25, -0.2) is 0 Å². The van der Waals surface area contributed by atoms with Crippen LogP contribution >= 0.6 is 0 Å². The van der Waals surface area contributed by atoms with E-state index in [1.807, 2.05) is 18.2 Å². The van der Waals surface area contributed by atoms with E-state index in [0.717, 1.165) is 16.6 Å². The lowest BCUT2D eigenvalue weighted by Gasteiger charge is -2.15. The van der Waals surface area contributed by atoms with E-state index < -0.39 is 0 Å². The molecule has 0 aliphatic heterocycles. The second-order valence-electron chi connectivity index (χ2n) is 4.57. The van der Waals surface area contributed by atoms with Crippen molar-refractivity contribution in [2.24, 2.45) is 0 Å². The molecule has 2 heterocycles. The predicted octanol–water partition coefficient (Wildman–Crippen LogP) is 2.42. The van der Waals surface area contributed by atoms with E-state index in [9.17, 15) is 4.79 Å². The first kappa shape index (κ1) is 12.2. The number of nitrogens with zero attached hydrogens (tertiary/aromatic N) is 2. The van der Waals surface area contributed by atoms with Gasteiger partial charge in [-0.3, -0.25) is 9.78 Å². The van der Waals surface area contributed by atoms with Crippen molar-refractivity contribution in [2.75, 3.05) is 17.7 Å². The number of para-hydroxylation sites is 1. The smallest absolute Gasteiger partial charge is 0.274 e. The lowest BCUT2D eigenvalue weighted by atomic mass is 10.2. The van der Waals surface area contributed by atoms with Crippen LogP contribution in [0.4, 0.5) is 11.4 Å². The Morgan fingerprint density at radius 1 is 1.30 bits per heavy atom. The molecule has 3 aromatic rings. The minimum Gasteiger partial charge on any atom is -0.397 e. The minimum atomic E-state index is -0.131. The summed E-state index contributed by atoms with van der Waals surface area (Å²) in [4.78, 5) is 21.1. The predicted molar refractivity (Wildman–Crippen MR) is 79.7 cm³/mol. The van der Waals surface area contributed by atoms with Gasteiger partial charge in [-0.2, -0.15) is 0 Å². The van der Waals surface area contributed by atoms with Crippen molar-refractivity contribution in [3.8, 4) is 0 Å². The Balaban J connectivity index is 1.99. The van der Waals surface area contributed by atoms with Crippen LogP contribution in [0.2, 0.25) is 0 Å². The second-order valence-corrected chi connectivity index (χ2v) is 4.57. The maximum atomic E-state index is 12.5. The molecule has 0 fully saturated rings. The fraction of sp³-hybridized carbons (Fsp3) is 0.0667. The number of hydrogen-bond acceptors (Lipinski definition) is 3. The van der Waals surface area contributed by atoms with Gasteiger partial charge in [0.05, 0.1) is 23.1 Å². The van der Waals surface area contributed by atoms with Crippen LogP contribution in [0.5, 0.6) is 0 Å². The van der Waals surface area contributed by atoms with Crippen LogP contribution in [0, 0.1) is 0 Å². The molecule has 1 aromatic carbocycles. The summed E-state index contributed by atoms with van der Waals surface area (Å²) in [6.07, 6.45) is 3.32. The Morgan fingerprint density at radius 3 is 2.85 bits per heavy atom. The number of H-pyrrole nitrogens is 1. The van der Waals surface area contributed by atoms with Crippen molar-refractivity contribution in [2.45, 2.75) is 0 Å². The van der Waals surface area contributed by atoms with Crippen LogP contribution in [0.1, 0.15) is 10.5 Å². The zero-order valence-electron chi connectivity index (χ0n) is 11.0. The van der Waals surface area contributed by atoms with Gasteiger partial charge in [0.25, 0.3) is 5.91 Å². The number of aromatic amines is 1. The summed E-state index contributed by atoms with van der Waals surface area (Å²) in [5, 5.41) is 0.924. The zero-order valence-corrected chi connectivity index (χ0v) is 11.0. The summed E-state index contributed by atoms with van der Waals surface area (Å²) in [5.41, 5.74) is 8.55. The van der Waals surface area contributed by atoms with Crippen LogP contribution in [-0.2, 0) is 0 Å². The summed E-state index contributed by atoms with van der Waals surface area (Å²) < 4.78 is 0. The van der Waals surface area contributed by atoms with Gasteiger partial charge in [-0.05, 0) is 24.3 Å². The van der Waals surface area contributed by atoms with E-state index in [0.29, 0.717) is 11.4 Å². The SMILES string of the molecule is CN(C(=O)c1cc2cccc(N)c2[nH]1)c1cccnc1. The van der Waals surface area contributed by atoms with Gasteiger partial charge in [0.2, 0.25) is 0 Å². The number of nitrogen functional groups attached to an aromatic ring is 1. The average molecular weight is 266 g/mol. The number of anilines is 2. The molecule has 2 aromatic heterocycles. The topological polar surface area (TPSA) is 75.0 Å².